The Hall–Kier alpha value is -2.26. The lowest BCUT2D eigenvalue weighted by Gasteiger charge is -2.00. The largest absolute Gasteiger partial charge is 0.326 e. The van der Waals surface area contributed by atoms with Gasteiger partial charge in [0.25, 0.3) is 5.56 Å². The number of thiophene rings is 1. The van der Waals surface area contributed by atoms with Gasteiger partial charge in [0.05, 0.1) is 4.92 Å². The number of aromatic amines is 1. The lowest BCUT2D eigenvalue weighted by Crippen LogP contribution is -2.17. The second-order valence-electron chi connectivity index (χ2n) is 3.82. The molecule has 108 valence electrons. The van der Waals surface area contributed by atoms with Crippen molar-refractivity contribution in [3.05, 3.63) is 60.3 Å². The van der Waals surface area contributed by atoms with Crippen LogP contribution in [0.4, 0.5) is 10.7 Å². The standard InChI is InChI=1S/C12H8BrN3O4S/c13-7-5-9(12(18)14-6-7)15-10(17)3-1-8-2-4-11(21-8)16(19)20/h1-6H,(H,14,18)(H,15,17)/b3-1+. The summed E-state index contributed by atoms with van der Waals surface area (Å²) < 4.78 is 0.621. The van der Waals surface area contributed by atoms with Crippen molar-refractivity contribution in [3.63, 3.8) is 0 Å². The number of hydrogen-bond donors (Lipinski definition) is 2. The summed E-state index contributed by atoms with van der Waals surface area (Å²) in [7, 11) is 0. The van der Waals surface area contributed by atoms with E-state index in [1.54, 1.807) is 6.07 Å². The van der Waals surface area contributed by atoms with Crippen LogP contribution in [0.5, 0.6) is 0 Å². The number of hydrogen-bond acceptors (Lipinski definition) is 5. The molecule has 0 atom stereocenters. The summed E-state index contributed by atoms with van der Waals surface area (Å²) >= 11 is 4.13. The Morgan fingerprint density at radius 1 is 1.48 bits per heavy atom. The maximum atomic E-state index is 11.7. The molecule has 0 aromatic carbocycles. The molecular formula is C12H8BrN3O4S. The van der Waals surface area contributed by atoms with Crippen LogP contribution >= 0.6 is 27.3 Å². The Kier molecular flexibility index (Phi) is 4.66. The van der Waals surface area contributed by atoms with Gasteiger partial charge in [0.15, 0.2) is 0 Å². The van der Waals surface area contributed by atoms with Gasteiger partial charge in [-0.3, -0.25) is 19.7 Å². The molecule has 7 nitrogen and oxygen atoms in total. The minimum absolute atomic E-state index is 0.00140. The van der Waals surface area contributed by atoms with Gasteiger partial charge < -0.3 is 10.3 Å². The molecule has 0 bridgehead atoms. The molecule has 0 aliphatic rings. The van der Waals surface area contributed by atoms with Gasteiger partial charge in [-0.2, -0.15) is 0 Å². The van der Waals surface area contributed by atoms with Crippen LogP contribution in [0, 0.1) is 10.1 Å². The molecule has 0 saturated carbocycles. The number of nitrogens with zero attached hydrogens (tertiary/aromatic N) is 1. The quantitative estimate of drug-likeness (QED) is 0.490. The fraction of sp³-hybridized carbons (Fsp3) is 0. The van der Waals surface area contributed by atoms with Gasteiger partial charge in [-0.05, 0) is 34.1 Å². The number of nitro groups is 1. The lowest BCUT2D eigenvalue weighted by atomic mass is 10.3. The smallest absolute Gasteiger partial charge is 0.324 e. The summed E-state index contributed by atoms with van der Waals surface area (Å²) in [6, 6.07) is 4.38. The van der Waals surface area contributed by atoms with E-state index in [1.165, 1.54) is 30.5 Å². The summed E-state index contributed by atoms with van der Waals surface area (Å²) in [5, 5.41) is 13.0. The second-order valence-corrected chi connectivity index (χ2v) is 5.83. The second kappa shape index (κ2) is 6.46. The van der Waals surface area contributed by atoms with Crippen LogP contribution in [0.25, 0.3) is 6.08 Å². The topological polar surface area (TPSA) is 105 Å². The van der Waals surface area contributed by atoms with Crippen LogP contribution in [-0.4, -0.2) is 15.8 Å². The number of nitrogens with one attached hydrogen (secondary N) is 2. The molecule has 0 saturated heterocycles. The average Bonchev–Trinajstić information content (AvgIpc) is 2.90. The van der Waals surface area contributed by atoms with Crippen LogP contribution in [0.1, 0.15) is 4.88 Å². The normalized spacial score (nSPS) is 10.7. The minimum Gasteiger partial charge on any atom is -0.326 e. The van der Waals surface area contributed by atoms with E-state index in [4.69, 9.17) is 0 Å². The van der Waals surface area contributed by atoms with E-state index in [0.717, 1.165) is 11.3 Å². The number of anilines is 1. The van der Waals surface area contributed by atoms with Crippen molar-refractivity contribution >= 4 is 49.9 Å². The number of rotatable bonds is 4. The molecule has 2 heterocycles. The molecule has 2 aromatic rings. The minimum atomic E-state index is -0.505. The highest BCUT2D eigenvalue weighted by atomic mass is 79.9. The van der Waals surface area contributed by atoms with Crippen LogP contribution in [0.2, 0.25) is 0 Å². The van der Waals surface area contributed by atoms with Crippen LogP contribution in [0.3, 0.4) is 0 Å². The molecule has 0 aliphatic carbocycles. The van der Waals surface area contributed by atoms with Gasteiger partial charge in [0.1, 0.15) is 5.69 Å². The molecule has 9 heteroatoms. The Bertz CT molecular complexity index is 781. The van der Waals surface area contributed by atoms with Crippen molar-refractivity contribution in [2.75, 3.05) is 5.32 Å². The van der Waals surface area contributed by atoms with Crippen molar-refractivity contribution in [1.82, 2.24) is 4.98 Å². The first-order valence-corrected chi connectivity index (χ1v) is 7.18. The van der Waals surface area contributed by atoms with E-state index < -0.39 is 16.4 Å². The molecule has 0 fully saturated rings. The number of carbonyl (C=O) groups excluding carboxylic acids is 1. The van der Waals surface area contributed by atoms with Gasteiger partial charge in [-0.15, -0.1) is 0 Å². The summed E-state index contributed by atoms with van der Waals surface area (Å²) in [4.78, 5) is 36.2. The van der Waals surface area contributed by atoms with Crippen molar-refractivity contribution in [1.29, 1.82) is 0 Å². The van der Waals surface area contributed by atoms with E-state index in [9.17, 15) is 19.7 Å². The Labute approximate surface area is 130 Å². The van der Waals surface area contributed by atoms with E-state index in [2.05, 4.69) is 26.2 Å². The van der Waals surface area contributed by atoms with Crippen molar-refractivity contribution in [2.24, 2.45) is 0 Å². The number of H-pyrrole nitrogens is 1. The molecule has 2 rings (SSSR count). The number of carbonyl (C=O) groups is 1. The van der Waals surface area contributed by atoms with E-state index in [0.29, 0.717) is 9.35 Å². The number of pyridine rings is 1. The van der Waals surface area contributed by atoms with Crippen molar-refractivity contribution in [2.45, 2.75) is 0 Å². The first-order valence-electron chi connectivity index (χ1n) is 5.57. The predicted molar refractivity (Wildman–Crippen MR) is 83.4 cm³/mol. The Morgan fingerprint density at radius 2 is 2.24 bits per heavy atom. The predicted octanol–water partition coefficient (Wildman–Crippen LogP) is 2.76. The van der Waals surface area contributed by atoms with Gasteiger partial charge in [-0.1, -0.05) is 11.3 Å². The number of halogens is 1. The lowest BCUT2D eigenvalue weighted by molar-refractivity contribution is -0.380. The van der Waals surface area contributed by atoms with Crippen LogP contribution in [-0.2, 0) is 4.79 Å². The fourth-order valence-corrected chi connectivity index (χ4v) is 2.48. The van der Waals surface area contributed by atoms with E-state index in [-0.39, 0.29) is 10.7 Å². The van der Waals surface area contributed by atoms with Gasteiger partial charge in [0, 0.05) is 27.7 Å². The summed E-state index contributed by atoms with van der Waals surface area (Å²) in [6.45, 7) is 0. The zero-order chi connectivity index (χ0) is 15.4. The third-order valence-electron chi connectivity index (χ3n) is 2.32. The first kappa shape index (κ1) is 15.1. The van der Waals surface area contributed by atoms with E-state index >= 15 is 0 Å². The number of aromatic nitrogens is 1. The molecular weight excluding hydrogens is 362 g/mol. The maximum Gasteiger partial charge on any atom is 0.324 e. The van der Waals surface area contributed by atoms with Crippen molar-refractivity contribution in [3.8, 4) is 0 Å². The molecule has 0 aliphatic heterocycles. The Morgan fingerprint density at radius 3 is 2.90 bits per heavy atom. The van der Waals surface area contributed by atoms with Crippen LogP contribution in [0.15, 0.2) is 39.7 Å². The summed E-state index contributed by atoms with van der Waals surface area (Å²) in [5.41, 5.74) is -0.317. The highest BCUT2D eigenvalue weighted by Crippen LogP contribution is 2.24. The molecule has 0 spiro atoms. The molecule has 2 N–H and O–H groups in total. The zero-order valence-electron chi connectivity index (χ0n) is 10.3. The fourth-order valence-electron chi connectivity index (χ4n) is 1.41. The molecule has 1 amide bonds. The average molecular weight is 370 g/mol. The maximum absolute atomic E-state index is 11.7. The summed E-state index contributed by atoms with van der Waals surface area (Å²) in [6.07, 6.45) is 4.10. The van der Waals surface area contributed by atoms with Crippen molar-refractivity contribution < 1.29 is 9.72 Å². The molecule has 0 unspecified atom stereocenters. The monoisotopic (exact) mass is 369 g/mol. The van der Waals surface area contributed by atoms with E-state index in [1.807, 2.05) is 0 Å². The third-order valence-corrected chi connectivity index (χ3v) is 3.78. The SMILES string of the molecule is O=C(/C=C/c1ccc([N+](=O)[O-])s1)Nc1cc(Br)c[nH]c1=O. The summed E-state index contributed by atoms with van der Waals surface area (Å²) in [5.74, 6) is -0.505. The first-order chi connectivity index (χ1) is 9.95. The zero-order valence-corrected chi connectivity index (χ0v) is 12.7. The van der Waals surface area contributed by atoms with Gasteiger partial charge in [-0.25, -0.2) is 0 Å². The highest BCUT2D eigenvalue weighted by molar-refractivity contribution is 9.10. The van der Waals surface area contributed by atoms with Crippen LogP contribution < -0.4 is 10.9 Å². The highest BCUT2D eigenvalue weighted by Gasteiger charge is 2.08. The van der Waals surface area contributed by atoms with Gasteiger partial charge >= 0.3 is 5.00 Å². The molecule has 0 radical (unpaired) electrons. The van der Waals surface area contributed by atoms with Gasteiger partial charge in [0.2, 0.25) is 5.91 Å². The number of amides is 1. The molecule has 21 heavy (non-hydrogen) atoms. The Balaban J connectivity index is 2.07. The molecule has 2 aromatic heterocycles. The third kappa shape index (κ3) is 4.10.